The summed E-state index contributed by atoms with van der Waals surface area (Å²) in [6.07, 6.45) is 4.00. The molecule has 19 heavy (non-hydrogen) atoms. The summed E-state index contributed by atoms with van der Waals surface area (Å²) in [6.45, 7) is 15.5. The molecule has 1 fully saturated rings. The zero-order valence-electron chi connectivity index (χ0n) is 13.5. The number of hydrogen-bond donors (Lipinski definition) is 1. The predicted molar refractivity (Wildman–Crippen MR) is 89.1 cm³/mol. The maximum absolute atomic E-state index is 3.68. The SMILES string of the molecule is CCCC(C)(CNCC(C)C)CN1CCCSCC1. The fourth-order valence-electron chi connectivity index (χ4n) is 2.99. The van der Waals surface area contributed by atoms with Crippen LogP contribution in [0.3, 0.4) is 0 Å². The van der Waals surface area contributed by atoms with Crippen LogP contribution in [0, 0.1) is 11.3 Å². The van der Waals surface area contributed by atoms with Crippen molar-refractivity contribution < 1.29 is 0 Å². The first-order valence-corrected chi connectivity index (χ1v) is 9.22. The average molecular weight is 287 g/mol. The number of thioether (sulfide) groups is 1. The Labute approximate surface area is 125 Å². The zero-order valence-corrected chi connectivity index (χ0v) is 14.3. The van der Waals surface area contributed by atoms with Crippen molar-refractivity contribution >= 4 is 11.8 Å². The second kappa shape index (κ2) is 9.25. The third kappa shape index (κ3) is 7.57. The summed E-state index contributed by atoms with van der Waals surface area (Å²) in [4.78, 5) is 2.70. The van der Waals surface area contributed by atoms with Crippen molar-refractivity contribution in [2.75, 3.05) is 44.2 Å². The van der Waals surface area contributed by atoms with E-state index < -0.39 is 0 Å². The van der Waals surface area contributed by atoms with Crippen LogP contribution in [0.2, 0.25) is 0 Å². The molecule has 2 nitrogen and oxygen atoms in total. The molecule has 0 aromatic rings. The topological polar surface area (TPSA) is 15.3 Å². The van der Waals surface area contributed by atoms with Gasteiger partial charge in [0.1, 0.15) is 0 Å². The Kier molecular flexibility index (Phi) is 8.43. The van der Waals surface area contributed by atoms with Gasteiger partial charge in [-0.3, -0.25) is 0 Å². The second-order valence-electron chi connectivity index (χ2n) is 6.83. The molecule has 1 heterocycles. The molecule has 1 aliphatic rings. The molecular formula is C16H34N2S. The van der Waals surface area contributed by atoms with Gasteiger partial charge in [0, 0.05) is 25.4 Å². The molecule has 0 radical (unpaired) electrons. The highest BCUT2D eigenvalue weighted by atomic mass is 32.2. The molecule has 0 aromatic carbocycles. The predicted octanol–water partition coefficient (Wildman–Crippen LogP) is 3.48. The third-order valence-corrected chi connectivity index (χ3v) is 4.93. The molecule has 0 aliphatic carbocycles. The first kappa shape index (κ1) is 17.3. The Balaban J connectivity index is 2.43. The van der Waals surface area contributed by atoms with Crippen molar-refractivity contribution in [1.82, 2.24) is 10.2 Å². The monoisotopic (exact) mass is 286 g/mol. The lowest BCUT2D eigenvalue weighted by Gasteiger charge is -2.35. The minimum atomic E-state index is 0.443. The molecule has 1 atom stereocenters. The van der Waals surface area contributed by atoms with Gasteiger partial charge in [-0.2, -0.15) is 11.8 Å². The van der Waals surface area contributed by atoms with Gasteiger partial charge in [0.05, 0.1) is 0 Å². The van der Waals surface area contributed by atoms with E-state index in [0.29, 0.717) is 5.41 Å². The van der Waals surface area contributed by atoms with Gasteiger partial charge in [0.2, 0.25) is 0 Å². The molecule has 3 heteroatoms. The maximum atomic E-state index is 3.68. The van der Waals surface area contributed by atoms with Crippen LogP contribution in [0.15, 0.2) is 0 Å². The van der Waals surface area contributed by atoms with Crippen LogP contribution in [0.1, 0.15) is 47.0 Å². The highest BCUT2D eigenvalue weighted by Crippen LogP contribution is 2.25. The van der Waals surface area contributed by atoms with Crippen LogP contribution in [0.5, 0.6) is 0 Å². The second-order valence-corrected chi connectivity index (χ2v) is 8.05. The van der Waals surface area contributed by atoms with E-state index in [9.17, 15) is 0 Å². The average Bonchev–Trinajstić information content (AvgIpc) is 2.57. The van der Waals surface area contributed by atoms with Gasteiger partial charge >= 0.3 is 0 Å². The quantitative estimate of drug-likeness (QED) is 0.735. The summed E-state index contributed by atoms with van der Waals surface area (Å²) in [6, 6.07) is 0. The Morgan fingerprint density at radius 2 is 2.05 bits per heavy atom. The van der Waals surface area contributed by atoms with Gasteiger partial charge in [0.15, 0.2) is 0 Å². The standard InChI is InChI=1S/C16H34N2S/c1-5-7-16(4,13-17-12-15(2)3)14-18-8-6-10-19-11-9-18/h15,17H,5-14H2,1-4H3. The van der Waals surface area contributed by atoms with E-state index in [4.69, 9.17) is 0 Å². The van der Waals surface area contributed by atoms with E-state index >= 15 is 0 Å². The van der Waals surface area contributed by atoms with Crippen molar-refractivity contribution in [3.05, 3.63) is 0 Å². The van der Waals surface area contributed by atoms with Gasteiger partial charge in [-0.15, -0.1) is 0 Å². The summed E-state index contributed by atoms with van der Waals surface area (Å²) in [5.74, 6) is 3.43. The Morgan fingerprint density at radius 1 is 1.26 bits per heavy atom. The van der Waals surface area contributed by atoms with Crippen molar-refractivity contribution in [2.45, 2.75) is 47.0 Å². The molecule has 0 aromatic heterocycles. The highest BCUT2D eigenvalue weighted by Gasteiger charge is 2.26. The van der Waals surface area contributed by atoms with Gasteiger partial charge in [0.25, 0.3) is 0 Å². The van der Waals surface area contributed by atoms with E-state index in [0.717, 1.165) is 12.5 Å². The first-order valence-electron chi connectivity index (χ1n) is 8.06. The molecule has 1 aliphatic heterocycles. The van der Waals surface area contributed by atoms with Crippen LogP contribution in [0.4, 0.5) is 0 Å². The molecule has 1 N–H and O–H groups in total. The fourth-order valence-corrected chi connectivity index (χ4v) is 3.91. The minimum Gasteiger partial charge on any atom is -0.316 e. The highest BCUT2D eigenvalue weighted by molar-refractivity contribution is 7.99. The Morgan fingerprint density at radius 3 is 2.74 bits per heavy atom. The summed E-state index contributed by atoms with van der Waals surface area (Å²) < 4.78 is 0. The lowest BCUT2D eigenvalue weighted by Crippen LogP contribution is -2.43. The van der Waals surface area contributed by atoms with Crippen molar-refractivity contribution in [3.63, 3.8) is 0 Å². The number of rotatable bonds is 8. The molecule has 0 saturated carbocycles. The molecular weight excluding hydrogens is 252 g/mol. The number of nitrogens with zero attached hydrogens (tertiary/aromatic N) is 1. The summed E-state index contributed by atoms with van der Waals surface area (Å²) in [5.41, 5.74) is 0.443. The van der Waals surface area contributed by atoms with E-state index in [1.54, 1.807) is 0 Å². The normalized spacial score (nSPS) is 21.3. The molecule has 1 rings (SSSR count). The summed E-state index contributed by atoms with van der Waals surface area (Å²) in [7, 11) is 0. The largest absolute Gasteiger partial charge is 0.316 e. The van der Waals surface area contributed by atoms with E-state index in [-0.39, 0.29) is 0 Å². The number of hydrogen-bond acceptors (Lipinski definition) is 3. The van der Waals surface area contributed by atoms with Crippen LogP contribution >= 0.6 is 11.8 Å². The van der Waals surface area contributed by atoms with Crippen LogP contribution in [-0.4, -0.2) is 49.1 Å². The zero-order chi connectivity index (χ0) is 14.1. The van der Waals surface area contributed by atoms with Crippen LogP contribution in [0.25, 0.3) is 0 Å². The van der Waals surface area contributed by atoms with Crippen LogP contribution < -0.4 is 5.32 Å². The smallest absolute Gasteiger partial charge is 0.00726 e. The van der Waals surface area contributed by atoms with E-state index in [1.807, 2.05) is 0 Å². The van der Waals surface area contributed by atoms with Gasteiger partial charge in [-0.25, -0.2) is 0 Å². The Bertz CT molecular complexity index is 225. The molecule has 0 bridgehead atoms. The fraction of sp³-hybridized carbons (Fsp3) is 1.00. The van der Waals surface area contributed by atoms with E-state index in [1.165, 1.54) is 56.9 Å². The van der Waals surface area contributed by atoms with Gasteiger partial charge in [-0.1, -0.05) is 34.1 Å². The van der Waals surface area contributed by atoms with Crippen molar-refractivity contribution in [2.24, 2.45) is 11.3 Å². The summed E-state index contributed by atoms with van der Waals surface area (Å²) in [5, 5.41) is 3.68. The lowest BCUT2D eigenvalue weighted by molar-refractivity contribution is 0.156. The first-order chi connectivity index (χ1) is 9.06. The lowest BCUT2D eigenvalue weighted by atomic mass is 9.84. The molecule has 1 saturated heterocycles. The molecule has 0 amide bonds. The molecule has 1 unspecified atom stereocenters. The molecule has 114 valence electrons. The molecule has 0 spiro atoms. The number of nitrogens with one attached hydrogen (secondary N) is 1. The van der Waals surface area contributed by atoms with Gasteiger partial charge < -0.3 is 10.2 Å². The van der Waals surface area contributed by atoms with Crippen LogP contribution in [-0.2, 0) is 0 Å². The van der Waals surface area contributed by atoms with Gasteiger partial charge in [-0.05, 0) is 43.0 Å². The Hall–Kier alpha value is 0.270. The summed E-state index contributed by atoms with van der Waals surface area (Å²) >= 11 is 2.12. The third-order valence-electron chi connectivity index (χ3n) is 3.88. The van der Waals surface area contributed by atoms with Crippen molar-refractivity contribution in [3.8, 4) is 0 Å². The maximum Gasteiger partial charge on any atom is 0.00726 e. The van der Waals surface area contributed by atoms with Crippen molar-refractivity contribution in [1.29, 1.82) is 0 Å². The van der Waals surface area contributed by atoms with E-state index in [2.05, 4.69) is 49.7 Å². The minimum absolute atomic E-state index is 0.443.